The second-order valence-electron chi connectivity index (χ2n) is 5.88. The molecule has 1 aromatic carbocycles. The molecular formula is C17H20BrN2O2S+. The lowest BCUT2D eigenvalue weighted by Gasteiger charge is -2.27. The van der Waals surface area contributed by atoms with Crippen LogP contribution in [0.3, 0.4) is 0 Å². The van der Waals surface area contributed by atoms with Crippen molar-refractivity contribution in [3.05, 3.63) is 39.8 Å². The Balaban J connectivity index is 1.59. The number of methoxy groups -OCH3 is 1. The summed E-state index contributed by atoms with van der Waals surface area (Å²) in [5.74, 6) is 0.0195. The number of esters is 1. The molecule has 3 rings (SSSR count). The van der Waals surface area contributed by atoms with Gasteiger partial charge in [0.1, 0.15) is 17.2 Å². The number of quaternary nitrogens is 1. The molecule has 0 saturated carbocycles. The number of piperidine rings is 1. The van der Waals surface area contributed by atoms with Gasteiger partial charge in [0.15, 0.2) is 0 Å². The average molecular weight is 396 g/mol. The van der Waals surface area contributed by atoms with Crippen LogP contribution in [0.25, 0.3) is 10.6 Å². The van der Waals surface area contributed by atoms with Crippen LogP contribution in [0.4, 0.5) is 0 Å². The first-order chi connectivity index (χ1) is 11.2. The van der Waals surface area contributed by atoms with E-state index < -0.39 is 0 Å². The highest BCUT2D eigenvalue weighted by atomic mass is 79.9. The predicted molar refractivity (Wildman–Crippen MR) is 94.4 cm³/mol. The standard InChI is InChI=1S/C17H19BrN2O2S/c1-22-17(21)12-5-7-20(8-6-12)10-15-11-23-16(19-15)13-3-2-4-14(18)9-13/h2-4,9,11-12H,5-8,10H2,1H3/p+1. The monoisotopic (exact) mass is 395 g/mol. The first-order valence-corrected chi connectivity index (χ1v) is 9.44. The van der Waals surface area contributed by atoms with Crippen molar-refractivity contribution in [1.82, 2.24) is 4.98 Å². The summed E-state index contributed by atoms with van der Waals surface area (Å²) in [7, 11) is 1.47. The maximum absolute atomic E-state index is 11.6. The van der Waals surface area contributed by atoms with Gasteiger partial charge in [-0.2, -0.15) is 0 Å². The molecule has 0 bridgehead atoms. The highest BCUT2D eigenvalue weighted by molar-refractivity contribution is 9.10. The van der Waals surface area contributed by atoms with E-state index in [0.29, 0.717) is 0 Å². The van der Waals surface area contributed by atoms with Crippen LogP contribution in [-0.4, -0.2) is 31.2 Å². The number of hydrogen-bond donors (Lipinski definition) is 1. The second-order valence-corrected chi connectivity index (χ2v) is 7.65. The number of nitrogens with zero attached hydrogens (tertiary/aromatic N) is 1. The second kappa shape index (κ2) is 7.55. The summed E-state index contributed by atoms with van der Waals surface area (Å²) in [4.78, 5) is 17.8. The van der Waals surface area contributed by atoms with E-state index in [-0.39, 0.29) is 11.9 Å². The highest BCUT2D eigenvalue weighted by Crippen LogP contribution is 2.26. The van der Waals surface area contributed by atoms with Crippen molar-refractivity contribution in [2.45, 2.75) is 19.4 Å². The van der Waals surface area contributed by atoms with Crippen LogP contribution >= 0.6 is 27.3 Å². The van der Waals surface area contributed by atoms with Crippen LogP contribution in [0, 0.1) is 5.92 Å². The summed E-state index contributed by atoms with van der Waals surface area (Å²) < 4.78 is 5.91. The molecule has 0 spiro atoms. The molecule has 4 nitrogen and oxygen atoms in total. The molecule has 122 valence electrons. The lowest BCUT2D eigenvalue weighted by atomic mass is 9.97. The summed E-state index contributed by atoms with van der Waals surface area (Å²) in [5, 5.41) is 3.21. The molecule has 6 heteroatoms. The molecule has 2 heterocycles. The number of rotatable bonds is 4. The van der Waals surface area contributed by atoms with Gasteiger partial charge in [0.05, 0.1) is 26.1 Å². The Labute approximate surface area is 148 Å². The Morgan fingerprint density at radius 2 is 2.22 bits per heavy atom. The fraction of sp³-hybridized carbons (Fsp3) is 0.412. The molecule has 1 N–H and O–H groups in total. The number of nitrogens with one attached hydrogen (secondary N) is 1. The summed E-state index contributed by atoms with van der Waals surface area (Å²) in [6.07, 6.45) is 1.81. The van der Waals surface area contributed by atoms with Gasteiger partial charge in [0.25, 0.3) is 0 Å². The van der Waals surface area contributed by atoms with Crippen LogP contribution in [0.15, 0.2) is 34.1 Å². The number of carbonyl (C=O) groups is 1. The van der Waals surface area contributed by atoms with Gasteiger partial charge in [0, 0.05) is 28.3 Å². The topological polar surface area (TPSA) is 43.6 Å². The largest absolute Gasteiger partial charge is 0.469 e. The van der Waals surface area contributed by atoms with Crippen molar-refractivity contribution in [1.29, 1.82) is 0 Å². The summed E-state index contributed by atoms with van der Waals surface area (Å²) in [5.41, 5.74) is 2.28. The molecule has 1 saturated heterocycles. The third-order valence-corrected chi connectivity index (χ3v) is 5.72. The fourth-order valence-corrected chi connectivity index (χ4v) is 4.22. The molecule has 23 heavy (non-hydrogen) atoms. The van der Waals surface area contributed by atoms with Gasteiger partial charge in [-0.1, -0.05) is 28.1 Å². The first kappa shape index (κ1) is 16.6. The van der Waals surface area contributed by atoms with E-state index >= 15 is 0 Å². The molecule has 2 aromatic rings. The van der Waals surface area contributed by atoms with Crippen LogP contribution in [0.5, 0.6) is 0 Å². The summed E-state index contributed by atoms with van der Waals surface area (Å²) in [6, 6.07) is 8.23. The number of halogens is 1. The fourth-order valence-electron chi connectivity index (χ4n) is 3.00. The van der Waals surface area contributed by atoms with E-state index in [4.69, 9.17) is 9.72 Å². The predicted octanol–water partition coefficient (Wildman–Crippen LogP) is 2.54. The zero-order valence-electron chi connectivity index (χ0n) is 13.0. The Hall–Kier alpha value is -1.24. The molecule has 1 fully saturated rings. The number of hydrogen-bond acceptors (Lipinski definition) is 4. The first-order valence-electron chi connectivity index (χ1n) is 7.77. The van der Waals surface area contributed by atoms with Gasteiger partial charge in [-0.25, -0.2) is 4.98 Å². The minimum atomic E-state index is -0.0605. The molecule has 1 aliphatic heterocycles. The van der Waals surface area contributed by atoms with E-state index in [1.54, 1.807) is 11.3 Å². The maximum atomic E-state index is 11.6. The lowest BCUT2D eigenvalue weighted by Crippen LogP contribution is -3.11. The molecule has 0 amide bonds. The van der Waals surface area contributed by atoms with Gasteiger partial charge >= 0.3 is 5.97 Å². The van der Waals surface area contributed by atoms with Crippen molar-refractivity contribution in [2.24, 2.45) is 5.92 Å². The highest BCUT2D eigenvalue weighted by Gasteiger charge is 2.28. The number of thiazole rings is 1. The van der Waals surface area contributed by atoms with Crippen LogP contribution in [0.1, 0.15) is 18.5 Å². The van der Waals surface area contributed by atoms with Crippen LogP contribution in [-0.2, 0) is 16.1 Å². The minimum Gasteiger partial charge on any atom is -0.469 e. The number of aromatic nitrogens is 1. The van der Waals surface area contributed by atoms with Crippen molar-refractivity contribution >= 4 is 33.2 Å². The van der Waals surface area contributed by atoms with E-state index in [1.807, 2.05) is 12.1 Å². The van der Waals surface area contributed by atoms with Gasteiger partial charge in [-0.15, -0.1) is 11.3 Å². The van der Waals surface area contributed by atoms with E-state index in [9.17, 15) is 4.79 Å². The normalized spacial score (nSPS) is 21.1. The Kier molecular flexibility index (Phi) is 5.46. The van der Waals surface area contributed by atoms with Gasteiger partial charge < -0.3 is 9.64 Å². The van der Waals surface area contributed by atoms with Crippen molar-refractivity contribution in [3.63, 3.8) is 0 Å². The number of benzene rings is 1. The molecular weight excluding hydrogens is 376 g/mol. The van der Waals surface area contributed by atoms with Crippen LogP contribution < -0.4 is 4.90 Å². The molecule has 0 aliphatic carbocycles. The zero-order valence-corrected chi connectivity index (χ0v) is 15.5. The number of likely N-dealkylation sites (tertiary alicyclic amines) is 1. The van der Waals surface area contributed by atoms with E-state index in [2.05, 4.69) is 33.4 Å². The maximum Gasteiger partial charge on any atom is 0.309 e. The van der Waals surface area contributed by atoms with Crippen LogP contribution in [0.2, 0.25) is 0 Å². The van der Waals surface area contributed by atoms with Crippen molar-refractivity contribution in [2.75, 3.05) is 20.2 Å². The third-order valence-electron chi connectivity index (χ3n) is 4.28. The Morgan fingerprint density at radius 3 is 2.91 bits per heavy atom. The molecule has 0 radical (unpaired) electrons. The van der Waals surface area contributed by atoms with Crippen molar-refractivity contribution < 1.29 is 14.4 Å². The SMILES string of the molecule is COC(=O)C1CC[NH+](Cc2csc(-c3cccc(Br)c3)n2)CC1. The van der Waals surface area contributed by atoms with E-state index in [1.165, 1.54) is 12.0 Å². The van der Waals surface area contributed by atoms with Gasteiger partial charge in [0.2, 0.25) is 0 Å². The summed E-state index contributed by atoms with van der Waals surface area (Å²) in [6.45, 7) is 2.94. The Morgan fingerprint density at radius 1 is 1.43 bits per heavy atom. The zero-order chi connectivity index (χ0) is 16.2. The average Bonchev–Trinajstić information content (AvgIpc) is 3.03. The summed E-state index contributed by atoms with van der Waals surface area (Å²) >= 11 is 5.19. The van der Waals surface area contributed by atoms with Gasteiger partial charge in [-0.3, -0.25) is 4.79 Å². The lowest BCUT2D eigenvalue weighted by molar-refractivity contribution is -0.919. The molecule has 0 atom stereocenters. The molecule has 0 unspecified atom stereocenters. The van der Waals surface area contributed by atoms with Gasteiger partial charge in [-0.05, 0) is 12.1 Å². The molecule has 1 aliphatic rings. The quantitative estimate of drug-likeness (QED) is 0.808. The Bertz CT molecular complexity index is 681. The smallest absolute Gasteiger partial charge is 0.309 e. The van der Waals surface area contributed by atoms with E-state index in [0.717, 1.165) is 53.2 Å². The third kappa shape index (κ3) is 4.19. The number of carbonyl (C=O) groups excluding carboxylic acids is 1. The molecule has 1 aromatic heterocycles. The number of ether oxygens (including phenoxy) is 1. The minimum absolute atomic E-state index is 0.0605. The van der Waals surface area contributed by atoms with Crippen molar-refractivity contribution in [3.8, 4) is 10.6 Å².